The Morgan fingerprint density at radius 3 is 1.34 bits per heavy atom. The first-order chi connectivity index (χ1) is 15.7. The summed E-state index contributed by atoms with van der Waals surface area (Å²) in [7, 11) is -1.92. The first-order valence-electron chi connectivity index (χ1n) is 11.2. The molecule has 5 aromatic carbocycles. The van der Waals surface area contributed by atoms with Crippen LogP contribution in [0.25, 0.3) is 10.8 Å². The molecule has 0 saturated heterocycles. The van der Waals surface area contributed by atoms with Crippen molar-refractivity contribution in [3.8, 4) is 0 Å². The topological polar surface area (TPSA) is 0 Å². The van der Waals surface area contributed by atoms with Crippen LogP contribution in [0.5, 0.6) is 0 Å². The van der Waals surface area contributed by atoms with Gasteiger partial charge in [0.2, 0.25) is 0 Å². The summed E-state index contributed by atoms with van der Waals surface area (Å²) in [5.41, 5.74) is 4.20. The van der Waals surface area contributed by atoms with Gasteiger partial charge in [-0.05, 0) is 72.1 Å². The molecule has 0 heterocycles. The molecule has 0 aliphatic rings. The van der Waals surface area contributed by atoms with Crippen molar-refractivity contribution in [1.82, 2.24) is 0 Å². The molecule has 0 spiro atoms. The minimum atomic E-state index is -1.92. The van der Waals surface area contributed by atoms with Gasteiger partial charge in [0.25, 0.3) is 0 Å². The van der Waals surface area contributed by atoms with Crippen LogP contribution in [-0.4, -0.2) is 0 Å². The van der Waals surface area contributed by atoms with E-state index in [1.54, 1.807) is 0 Å². The molecule has 0 unspecified atom stereocenters. The Kier molecular flexibility index (Phi) is 5.64. The van der Waals surface area contributed by atoms with Crippen LogP contribution >= 0.6 is 7.26 Å². The highest BCUT2D eigenvalue weighted by Crippen LogP contribution is 2.59. The summed E-state index contributed by atoms with van der Waals surface area (Å²) in [6.45, 7) is 4.51. The van der Waals surface area contributed by atoms with Gasteiger partial charge in [0.15, 0.2) is 0 Å². The van der Waals surface area contributed by atoms with Crippen LogP contribution in [0.3, 0.4) is 0 Å². The van der Waals surface area contributed by atoms with E-state index in [2.05, 4.69) is 135 Å². The molecule has 0 atom stereocenters. The van der Waals surface area contributed by atoms with Gasteiger partial charge in [0.05, 0.1) is 6.16 Å². The monoisotopic (exact) mass is 431 g/mol. The van der Waals surface area contributed by atoms with Gasteiger partial charge < -0.3 is 0 Å². The number of hydrogen-bond acceptors (Lipinski definition) is 0. The molecule has 0 aliphatic carbocycles. The first-order valence-corrected chi connectivity index (χ1v) is 13.2. The van der Waals surface area contributed by atoms with Crippen LogP contribution in [0.1, 0.15) is 16.7 Å². The standard InChI is InChI=1S/C31H28P/c1-24-22-25(2)31(30-21-13-12-20-29(24)30)23-32(26-14-6-3-7-15-26,27-16-8-4-9-17-27)28-18-10-5-11-19-28/h3-22H,23H2,1-2H3/q+1. The van der Waals surface area contributed by atoms with Gasteiger partial charge in [-0.15, -0.1) is 0 Å². The van der Waals surface area contributed by atoms with Crippen molar-refractivity contribution in [1.29, 1.82) is 0 Å². The maximum Gasteiger partial charge on any atom is 0.116 e. The summed E-state index contributed by atoms with van der Waals surface area (Å²) in [4.78, 5) is 0. The SMILES string of the molecule is Cc1cc(C)c2ccccc2c1C[P+](c1ccccc1)(c1ccccc1)c1ccccc1. The second-order valence-corrected chi connectivity index (χ2v) is 12.0. The van der Waals surface area contributed by atoms with Crippen LogP contribution in [0, 0.1) is 13.8 Å². The lowest BCUT2D eigenvalue weighted by atomic mass is 9.97. The average Bonchev–Trinajstić information content (AvgIpc) is 2.86. The number of rotatable bonds is 5. The van der Waals surface area contributed by atoms with Gasteiger partial charge in [0.1, 0.15) is 23.2 Å². The van der Waals surface area contributed by atoms with Crippen molar-refractivity contribution in [2.75, 3.05) is 0 Å². The molecule has 0 radical (unpaired) electrons. The molecule has 0 bridgehead atoms. The Bertz CT molecular complexity index is 1240. The van der Waals surface area contributed by atoms with E-state index in [-0.39, 0.29) is 0 Å². The molecular formula is C31H28P+. The van der Waals surface area contributed by atoms with Crippen LogP contribution in [0.2, 0.25) is 0 Å². The van der Waals surface area contributed by atoms with E-state index in [0.717, 1.165) is 6.16 Å². The Balaban J connectivity index is 1.86. The van der Waals surface area contributed by atoms with Gasteiger partial charge in [-0.2, -0.15) is 0 Å². The smallest absolute Gasteiger partial charge is 0.0620 e. The van der Waals surface area contributed by atoms with Crippen molar-refractivity contribution < 1.29 is 0 Å². The molecule has 0 amide bonds. The molecular weight excluding hydrogens is 403 g/mol. The summed E-state index contributed by atoms with van der Waals surface area (Å²) in [5, 5.41) is 7.04. The minimum absolute atomic E-state index is 1.01. The summed E-state index contributed by atoms with van der Waals surface area (Å²) in [6, 6.07) is 44.8. The van der Waals surface area contributed by atoms with Crippen molar-refractivity contribution in [2.45, 2.75) is 20.0 Å². The minimum Gasteiger partial charge on any atom is -0.0620 e. The van der Waals surface area contributed by atoms with E-state index >= 15 is 0 Å². The molecule has 1 heteroatoms. The van der Waals surface area contributed by atoms with Gasteiger partial charge in [-0.3, -0.25) is 0 Å². The van der Waals surface area contributed by atoms with Crippen molar-refractivity contribution in [3.63, 3.8) is 0 Å². The zero-order valence-corrected chi connectivity index (χ0v) is 19.6. The number of benzene rings is 5. The molecule has 0 aromatic heterocycles. The lowest BCUT2D eigenvalue weighted by Gasteiger charge is -2.29. The van der Waals surface area contributed by atoms with Crippen LogP contribution in [0.4, 0.5) is 0 Å². The van der Waals surface area contributed by atoms with Crippen LogP contribution in [-0.2, 0) is 6.16 Å². The van der Waals surface area contributed by atoms with Gasteiger partial charge in [0, 0.05) is 5.56 Å². The second kappa shape index (κ2) is 8.73. The molecule has 156 valence electrons. The van der Waals surface area contributed by atoms with Gasteiger partial charge in [-0.25, -0.2) is 0 Å². The quantitative estimate of drug-likeness (QED) is 0.264. The predicted molar refractivity (Wildman–Crippen MR) is 142 cm³/mol. The molecule has 0 fully saturated rings. The number of aryl methyl sites for hydroxylation is 2. The lowest BCUT2D eigenvalue weighted by Crippen LogP contribution is -2.32. The second-order valence-electron chi connectivity index (χ2n) is 8.51. The maximum atomic E-state index is 2.37. The summed E-state index contributed by atoms with van der Waals surface area (Å²) in [5.74, 6) is 0. The molecule has 32 heavy (non-hydrogen) atoms. The van der Waals surface area contributed by atoms with Gasteiger partial charge >= 0.3 is 0 Å². The Morgan fingerprint density at radius 2 is 0.875 bits per heavy atom. The van der Waals surface area contributed by atoms with Crippen molar-refractivity contribution in [2.24, 2.45) is 0 Å². The predicted octanol–water partition coefficient (Wildman–Crippen LogP) is 6.95. The third kappa shape index (κ3) is 3.56. The Labute approximate surface area is 191 Å². The molecule has 0 nitrogen and oxygen atoms in total. The van der Waals surface area contributed by atoms with Crippen LogP contribution in [0.15, 0.2) is 121 Å². The van der Waals surface area contributed by atoms with Crippen LogP contribution < -0.4 is 15.9 Å². The summed E-state index contributed by atoms with van der Waals surface area (Å²) in [6.07, 6.45) is 1.01. The third-order valence-corrected chi connectivity index (χ3v) is 10.9. The summed E-state index contributed by atoms with van der Waals surface area (Å²) < 4.78 is 0. The fraction of sp³-hybridized carbons (Fsp3) is 0.0968. The highest BCUT2D eigenvalue weighted by atomic mass is 31.2. The maximum absolute atomic E-state index is 2.37. The number of hydrogen-bond donors (Lipinski definition) is 0. The summed E-state index contributed by atoms with van der Waals surface area (Å²) >= 11 is 0. The highest BCUT2D eigenvalue weighted by Gasteiger charge is 2.45. The zero-order valence-electron chi connectivity index (χ0n) is 18.7. The Hall–Kier alpha value is -3.21. The van der Waals surface area contributed by atoms with E-state index in [4.69, 9.17) is 0 Å². The normalized spacial score (nSPS) is 11.6. The largest absolute Gasteiger partial charge is 0.116 e. The zero-order chi connectivity index (χ0) is 22.0. The van der Waals surface area contributed by atoms with E-state index in [1.165, 1.54) is 43.4 Å². The van der Waals surface area contributed by atoms with E-state index in [0.29, 0.717) is 0 Å². The number of fused-ring (bicyclic) bond motifs is 1. The first kappa shape index (κ1) is 20.7. The van der Waals surface area contributed by atoms with Gasteiger partial charge in [-0.1, -0.05) is 84.9 Å². The molecule has 0 N–H and O–H groups in total. The molecule has 5 rings (SSSR count). The fourth-order valence-electron chi connectivity index (χ4n) is 5.01. The van der Waals surface area contributed by atoms with E-state index in [1.807, 2.05) is 0 Å². The van der Waals surface area contributed by atoms with Crippen molar-refractivity contribution in [3.05, 3.63) is 138 Å². The van der Waals surface area contributed by atoms with E-state index in [9.17, 15) is 0 Å². The third-order valence-electron chi connectivity index (χ3n) is 6.57. The lowest BCUT2D eigenvalue weighted by molar-refractivity contribution is 1.31. The highest BCUT2D eigenvalue weighted by molar-refractivity contribution is 7.95. The average molecular weight is 432 g/mol. The Morgan fingerprint density at radius 1 is 0.469 bits per heavy atom. The van der Waals surface area contributed by atoms with E-state index < -0.39 is 7.26 Å². The van der Waals surface area contributed by atoms with Crippen molar-refractivity contribution >= 4 is 33.9 Å². The molecule has 0 aliphatic heterocycles. The molecule has 0 saturated carbocycles. The molecule has 5 aromatic rings. The fourth-order valence-corrected chi connectivity index (χ4v) is 9.39.